The number of aromatic nitrogens is 3. The molecule has 8 heteroatoms. The number of rotatable bonds is 7. The van der Waals surface area contributed by atoms with Gasteiger partial charge in [-0.05, 0) is 35.2 Å². The van der Waals surface area contributed by atoms with Gasteiger partial charge in [-0.3, -0.25) is 14.6 Å². The highest BCUT2D eigenvalue weighted by molar-refractivity contribution is 5.89. The first-order valence-corrected chi connectivity index (χ1v) is 12.5. The summed E-state index contributed by atoms with van der Waals surface area (Å²) >= 11 is 0. The molecule has 0 aliphatic carbocycles. The van der Waals surface area contributed by atoms with Crippen LogP contribution in [0, 0.1) is 0 Å². The van der Waals surface area contributed by atoms with E-state index in [0.29, 0.717) is 11.6 Å². The molecule has 7 nitrogen and oxygen atoms in total. The highest BCUT2D eigenvalue weighted by Crippen LogP contribution is 2.26. The fourth-order valence-electron chi connectivity index (χ4n) is 4.82. The van der Waals surface area contributed by atoms with Gasteiger partial charge in [0.25, 0.3) is 0 Å². The number of amides is 2. The van der Waals surface area contributed by atoms with Crippen molar-refractivity contribution in [1.82, 2.24) is 24.8 Å². The second-order valence-electron chi connectivity index (χ2n) is 9.78. The fourth-order valence-corrected chi connectivity index (χ4v) is 4.82. The van der Waals surface area contributed by atoms with Crippen LogP contribution >= 0.6 is 0 Å². The highest BCUT2D eigenvalue weighted by Gasteiger charge is 2.40. The standard InChI is InChI=1S/C29H30FN5O2/c1-19(2)21-12-13-24(31-15-21)28(20-8-4-3-5-9-20)33-29(37)26-14-22(30)16-35(26)27(36)17-34-18-32-23-10-6-7-11-25(23)34/h3-13,15,18-19,22,26,28H,14,16-17H2,1-2H3,(H,33,37)/t22-,26+,28+/m1/s1. The smallest absolute Gasteiger partial charge is 0.243 e. The van der Waals surface area contributed by atoms with Gasteiger partial charge in [0.2, 0.25) is 11.8 Å². The lowest BCUT2D eigenvalue weighted by Crippen LogP contribution is -2.48. The van der Waals surface area contributed by atoms with Gasteiger partial charge in [-0.15, -0.1) is 0 Å². The molecule has 1 saturated heterocycles. The van der Waals surface area contributed by atoms with E-state index in [0.717, 1.165) is 22.2 Å². The average molecular weight is 500 g/mol. The SMILES string of the molecule is CC(C)c1ccc([C@@H](NC(=O)[C@@H]2C[C@@H](F)CN2C(=O)Cn2cnc3ccccc32)c2ccccc2)nc1. The number of nitrogens with one attached hydrogen (secondary N) is 1. The van der Waals surface area contributed by atoms with E-state index in [1.54, 1.807) is 10.9 Å². The normalized spacial score (nSPS) is 18.3. The van der Waals surface area contributed by atoms with Crippen molar-refractivity contribution < 1.29 is 14.0 Å². The molecule has 4 aromatic rings. The summed E-state index contributed by atoms with van der Waals surface area (Å²) in [5, 5.41) is 3.05. The van der Waals surface area contributed by atoms with Crippen LogP contribution in [0.25, 0.3) is 11.0 Å². The predicted molar refractivity (Wildman–Crippen MR) is 140 cm³/mol. The van der Waals surface area contributed by atoms with Gasteiger partial charge in [-0.2, -0.15) is 0 Å². The molecule has 1 aliphatic heterocycles. The van der Waals surface area contributed by atoms with E-state index in [2.05, 4.69) is 29.1 Å². The Morgan fingerprint density at radius 3 is 2.49 bits per heavy atom. The van der Waals surface area contributed by atoms with Gasteiger partial charge < -0.3 is 14.8 Å². The van der Waals surface area contributed by atoms with E-state index in [1.807, 2.05) is 72.9 Å². The molecule has 37 heavy (non-hydrogen) atoms. The number of nitrogens with zero attached hydrogens (tertiary/aromatic N) is 4. The van der Waals surface area contributed by atoms with Gasteiger partial charge in [0, 0.05) is 12.6 Å². The van der Waals surface area contributed by atoms with Crippen LogP contribution in [-0.4, -0.2) is 50.0 Å². The number of benzene rings is 2. The Hall–Kier alpha value is -4.07. The zero-order valence-corrected chi connectivity index (χ0v) is 20.9. The molecule has 1 aliphatic rings. The van der Waals surface area contributed by atoms with Crippen molar-refractivity contribution in [3.8, 4) is 0 Å². The summed E-state index contributed by atoms with van der Waals surface area (Å²) in [7, 11) is 0. The van der Waals surface area contributed by atoms with Gasteiger partial charge in [-0.1, -0.05) is 62.4 Å². The third-order valence-electron chi connectivity index (χ3n) is 6.90. The summed E-state index contributed by atoms with van der Waals surface area (Å²) in [5.41, 5.74) is 4.23. The zero-order valence-electron chi connectivity index (χ0n) is 20.9. The Morgan fingerprint density at radius 2 is 1.76 bits per heavy atom. The maximum absolute atomic E-state index is 14.6. The van der Waals surface area contributed by atoms with E-state index in [-0.39, 0.29) is 25.4 Å². The van der Waals surface area contributed by atoms with Crippen molar-refractivity contribution in [3.63, 3.8) is 0 Å². The number of carbonyl (C=O) groups excluding carboxylic acids is 2. The third kappa shape index (κ3) is 5.23. The second kappa shape index (κ2) is 10.5. The first kappa shape index (κ1) is 24.6. The first-order chi connectivity index (χ1) is 17.9. The Bertz CT molecular complexity index is 1390. The number of imidazole rings is 1. The topological polar surface area (TPSA) is 80.1 Å². The predicted octanol–water partition coefficient (Wildman–Crippen LogP) is 4.40. The number of hydrogen-bond acceptors (Lipinski definition) is 4. The molecule has 0 radical (unpaired) electrons. The van der Waals surface area contributed by atoms with E-state index >= 15 is 0 Å². The van der Waals surface area contributed by atoms with Gasteiger partial charge in [-0.25, -0.2) is 9.37 Å². The number of alkyl halides is 1. The molecule has 0 saturated carbocycles. The Balaban J connectivity index is 1.37. The average Bonchev–Trinajstić information content (AvgIpc) is 3.51. The largest absolute Gasteiger partial charge is 0.342 e. The molecule has 2 amide bonds. The lowest BCUT2D eigenvalue weighted by atomic mass is 10.00. The Kier molecular flexibility index (Phi) is 6.99. The van der Waals surface area contributed by atoms with Crippen LogP contribution in [0.1, 0.15) is 49.0 Å². The highest BCUT2D eigenvalue weighted by atomic mass is 19.1. The lowest BCUT2D eigenvalue weighted by molar-refractivity contribution is -0.139. The van der Waals surface area contributed by atoms with Gasteiger partial charge in [0.05, 0.1) is 35.6 Å². The molecule has 0 spiro atoms. The minimum Gasteiger partial charge on any atom is -0.342 e. The molecule has 190 valence electrons. The van der Waals surface area contributed by atoms with E-state index in [4.69, 9.17) is 0 Å². The number of carbonyl (C=O) groups is 2. The van der Waals surface area contributed by atoms with Crippen LogP contribution in [0.2, 0.25) is 0 Å². The molecular formula is C29H30FN5O2. The molecule has 1 fully saturated rings. The van der Waals surface area contributed by atoms with Crippen molar-refractivity contribution in [2.45, 2.75) is 51.0 Å². The molecule has 5 rings (SSSR count). The summed E-state index contributed by atoms with van der Waals surface area (Å²) in [4.78, 5) is 37.1. The van der Waals surface area contributed by atoms with Crippen LogP contribution in [0.4, 0.5) is 4.39 Å². The monoisotopic (exact) mass is 499 g/mol. The summed E-state index contributed by atoms with van der Waals surface area (Å²) < 4.78 is 16.3. The van der Waals surface area contributed by atoms with Crippen LogP contribution < -0.4 is 5.32 Å². The fraction of sp³-hybridized carbons (Fsp3) is 0.310. The molecule has 2 aromatic heterocycles. The summed E-state index contributed by atoms with van der Waals surface area (Å²) in [6, 6.07) is 19.5. The van der Waals surface area contributed by atoms with Gasteiger partial charge in [0.1, 0.15) is 18.8 Å². The maximum atomic E-state index is 14.6. The number of likely N-dealkylation sites (tertiary alicyclic amines) is 1. The van der Waals surface area contributed by atoms with E-state index < -0.39 is 24.2 Å². The summed E-state index contributed by atoms with van der Waals surface area (Å²) in [6.45, 7) is 4.07. The number of hydrogen-bond donors (Lipinski definition) is 1. The molecule has 1 N–H and O–H groups in total. The maximum Gasteiger partial charge on any atom is 0.243 e. The molecule has 3 heterocycles. The quantitative estimate of drug-likeness (QED) is 0.409. The van der Waals surface area contributed by atoms with E-state index in [1.165, 1.54) is 4.90 Å². The minimum atomic E-state index is -1.27. The first-order valence-electron chi connectivity index (χ1n) is 12.5. The van der Waals surface area contributed by atoms with Crippen LogP contribution in [0.15, 0.2) is 79.3 Å². The molecular weight excluding hydrogens is 469 g/mol. The molecule has 2 aromatic carbocycles. The molecule has 0 bridgehead atoms. The Morgan fingerprint density at radius 1 is 1.00 bits per heavy atom. The third-order valence-corrected chi connectivity index (χ3v) is 6.90. The van der Waals surface area contributed by atoms with Gasteiger partial charge in [0.15, 0.2) is 0 Å². The van der Waals surface area contributed by atoms with Crippen molar-refractivity contribution in [2.75, 3.05) is 6.54 Å². The summed E-state index contributed by atoms with van der Waals surface area (Å²) in [5.74, 6) is -0.384. The number of para-hydroxylation sites is 2. The van der Waals surface area contributed by atoms with Crippen LogP contribution in [-0.2, 0) is 16.1 Å². The van der Waals surface area contributed by atoms with Crippen LogP contribution in [0.3, 0.4) is 0 Å². The van der Waals surface area contributed by atoms with E-state index in [9.17, 15) is 14.0 Å². The Labute approximate surface area is 215 Å². The number of fused-ring (bicyclic) bond motifs is 1. The molecule has 0 unspecified atom stereocenters. The number of pyridine rings is 1. The molecule has 3 atom stereocenters. The minimum absolute atomic E-state index is 0.0165. The van der Waals surface area contributed by atoms with Crippen molar-refractivity contribution >= 4 is 22.8 Å². The second-order valence-corrected chi connectivity index (χ2v) is 9.78. The van der Waals surface area contributed by atoms with Gasteiger partial charge >= 0.3 is 0 Å². The number of halogens is 1. The van der Waals surface area contributed by atoms with Crippen LogP contribution in [0.5, 0.6) is 0 Å². The lowest BCUT2D eigenvalue weighted by Gasteiger charge is -2.27. The summed E-state index contributed by atoms with van der Waals surface area (Å²) in [6.07, 6.45) is 2.11. The van der Waals surface area contributed by atoms with Crippen molar-refractivity contribution in [2.24, 2.45) is 0 Å². The zero-order chi connectivity index (χ0) is 25.9. The van der Waals surface area contributed by atoms with Crippen molar-refractivity contribution in [1.29, 1.82) is 0 Å². The van der Waals surface area contributed by atoms with Crippen molar-refractivity contribution in [3.05, 3.63) is 96.1 Å².